The molecule has 8 heteroatoms. The predicted molar refractivity (Wildman–Crippen MR) is 242 cm³/mol. The Balaban J connectivity index is 1.23. The number of aliphatic imine (C=N–C) groups is 1. The predicted octanol–water partition coefficient (Wildman–Crippen LogP) is 11.7. The van der Waals surface area contributed by atoms with Crippen LogP contribution in [0, 0.1) is 0 Å². The van der Waals surface area contributed by atoms with Crippen molar-refractivity contribution >= 4 is 17.6 Å². The van der Waals surface area contributed by atoms with E-state index in [4.69, 9.17) is 14.5 Å². The van der Waals surface area contributed by atoms with Crippen molar-refractivity contribution in [3.05, 3.63) is 120 Å². The Hall–Kier alpha value is -5.31. The van der Waals surface area contributed by atoms with Gasteiger partial charge in [-0.05, 0) is 81.5 Å². The van der Waals surface area contributed by atoms with Gasteiger partial charge in [0.05, 0.1) is 31.0 Å². The van der Waals surface area contributed by atoms with E-state index in [-0.39, 0.29) is 11.5 Å². The van der Waals surface area contributed by atoms with Gasteiger partial charge in [-0.25, -0.2) is 0 Å². The number of hydrogen-bond acceptors (Lipinski definition) is 8. The maximum absolute atomic E-state index is 12.1. The smallest absolute Gasteiger partial charge is 0.151 e. The first-order valence-corrected chi connectivity index (χ1v) is 21.2. The van der Waals surface area contributed by atoms with Gasteiger partial charge in [-0.15, -0.1) is 0 Å². The first-order valence-electron chi connectivity index (χ1n) is 21.2. The molecular weight excluding hydrogens is 721 g/mol. The lowest BCUT2D eigenvalue weighted by atomic mass is 9.93. The second kappa shape index (κ2) is 23.8. The number of methoxy groups -OCH3 is 2. The number of phenolic OH excluding ortho intramolecular Hbond substituents is 2. The lowest BCUT2D eigenvalue weighted by molar-refractivity contribution is 0.268. The summed E-state index contributed by atoms with van der Waals surface area (Å²) in [7, 11) is 3.46. The number of hydrogen-bond donors (Lipinski definition) is 3. The highest BCUT2D eigenvalue weighted by Crippen LogP contribution is 2.54. The summed E-state index contributed by atoms with van der Waals surface area (Å²) in [6.45, 7) is 10.8. The summed E-state index contributed by atoms with van der Waals surface area (Å²) in [6, 6.07) is 36.0. The van der Waals surface area contributed by atoms with E-state index in [0.29, 0.717) is 29.0 Å². The summed E-state index contributed by atoms with van der Waals surface area (Å²) < 4.78 is 11.1. The fraction of sp³-hybridized carbons (Fsp3) is 0.380. The van der Waals surface area contributed by atoms with Gasteiger partial charge in [-0.2, -0.15) is 0 Å². The summed E-state index contributed by atoms with van der Waals surface area (Å²) in [6.07, 6.45) is 9.99. The summed E-state index contributed by atoms with van der Waals surface area (Å²) >= 11 is 0. The van der Waals surface area contributed by atoms with Gasteiger partial charge in [-0.1, -0.05) is 130 Å². The van der Waals surface area contributed by atoms with Gasteiger partial charge >= 0.3 is 0 Å². The van der Waals surface area contributed by atoms with Crippen molar-refractivity contribution in [2.75, 3.05) is 52.3 Å². The number of ether oxygens (including phenoxy) is 2. The van der Waals surface area contributed by atoms with Crippen LogP contribution in [0.3, 0.4) is 0 Å². The van der Waals surface area contributed by atoms with Gasteiger partial charge in [0.2, 0.25) is 0 Å². The molecule has 0 fully saturated rings. The molecule has 0 bridgehead atoms. The van der Waals surface area contributed by atoms with E-state index in [2.05, 4.69) is 53.2 Å². The van der Waals surface area contributed by atoms with Crippen LogP contribution >= 0.6 is 0 Å². The highest BCUT2D eigenvalue weighted by atomic mass is 16.5. The molecule has 58 heavy (non-hydrogen) atoms. The highest BCUT2D eigenvalue weighted by Gasteiger charge is 2.25. The normalized spacial score (nSPS) is 11.5. The molecule has 5 aromatic rings. The summed E-state index contributed by atoms with van der Waals surface area (Å²) in [5.41, 5.74) is 6.05. The van der Waals surface area contributed by atoms with E-state index < -0.39 is 0 Å². The fourth-order valence-corrected chi connectivity index (χ4v) is 7.55. The molecule has 0 spiro atoms. The number of nitrogens with one attached hydrogen (secondary N) is 1. The third-order valence-electron chi connectivity index (χ3n) is 10.8. The topological polar surface area (TPSA) is 89.8 Å². The van der Waals surface area contributed by atoms with Gasteiger partial charge in [0.25, 0.3) is 0 Å². The van der Waals surface area contributed by atoms with Crippen LogP contribution in [0.2, 0.25) is 0 Å². The molecule has 0 aliphatic heterocycles. The molecule has 0 radical (unpaired) electrons. The largest absolute Gasteiger partial charge is 0.505 e. The molecule has 0 unspecified atom stereocenters. The monoisotopic (exact) mass is 784 g/mol. The molecule has 0 heterocycles. The Morgan fingerprint density at radius 1 is 0.569 bits per heavy atom. The minimum absolute atomic E-state index is 0.0613. The SMILES string of the molecule is CCN(CCCCCC=Nc1c(O)c(-c2ccccc2)c(NCCCCCCN(CC)Cc2ccccc2OC)c(O)c1-c1ccccc1)Cc1ccccc1OC. The van der Waals surface area contributed by atoms with Crippen molar-refractivity contribution < 1.29 is 19.7 Å². The Morgan fingerprint density at radius 3 is 1.59 bits per heavy atom. The highest BCUT2D eigenvalue weighted by molar-refractivity contribution is 6.01. The number of para-hydroxylation sites is 2. The molecule has 0 saturated heterocycles. The standard InChI is InChI=1S/C50H64N4O4/c1-5-53(37-41-29-17-19-31-43(41)57-3)35-23-9-7-21-33-51-47-45(39-25-13-11-14-26-39)50(56)48(46(49(47)55)40-27-15-12-16-28-40)52-34-22-8-10-24-36-54(6-2)38-42-30-18-20-32-44(42)58-4/h11-20,25-33,52,55-56H,5-10,21-24,34-38H2,1-4H3. The first-order chi connectivity index (χ1) is 28.5. The molecule has 0 aromatic heterocycles. The third-order valence-corrected chi connectivity index (χ3v) is 10.8. The van der Waals surface area contributed by atoms with Crippen LogP contribution in [0.15, 0.2) is 114 Å². The molecule has 3 N–H and O–H groups in total. The van der Waals surface area contributed by atoms with Gasteiger partial charge < -0.3 is 25.0 Å². The Kier molecular flexibility index (Phi) is 18.0. The number of anilines is 1. The zero-order valence-electron chi connectivity index (χ0n) is 35.1. The van der Waals surface area contributed by atoms with Crippen LogP contribution in [0.1, 0.15) is 76.3 Å². The van der Waals surface area contributed by atoms with E-state index in [1.165, 1.54) is 11.1 Å². The maximum atomic E-state index is 12.1. The van der Waals surface area contributed by atoms with Gasteiger partial charge in [-0.3, -0.25) is 14.8 Å². The zero-order valence-corrected chi connectivity index (χ0v) is 35.1. The average molecular weight is 785 g/mol. The lowest BCUT2D eigenvalue weighted by Crippen LogP contribution is -2.24. The lowest BCUT2D eigenvalue weighted by Gasteiger charge is -2.22. The zero-order chi connectivity index (χ0) is 41.0. The van der Waals surface area contributed by atoms with E-state index >= 15 is 0 Å². The van der Waals surface area contributed by atoms with Gasteiger partial charge in [0.15, 0.2) is 5.75 Å². The summed E-state index contributed by atoms with van der Waals surface area (Å²) in [5, 5.41) is 27.7. The van der Waals surface area contributed by atoms with Crippen LogP contribution in [0.4, 0.5) is 11.4 Å². The molecule has 0 atom stereocenters. The van der Waals surface area contributed by atoms with Crippen LogP contribution in [0.25, 0.3) is 22.3 Å². The Labute approximate surface area is 347 Å². The van der Waals surface area contributed by atoms with E-state index in [1.54, 1.807) is 14.2 Å². The molecular formula is C50H64N4O4. The second-order valence-corrected chi connectivity index (χ2v) is 14.8. The number of aromatic hydroxyl groups is 2. The summed E-state index contributed by atoms with van der Waals surface area (Å²) in [5.74, 6) is 2.03. The minimum Gasteiger partial charge on any atom is -0.505 e. The number of nitrogens with zero attached hydrogens (tertiary/aromatic N) is 3. The maximum Gasteiger partial charge on any atom is 0.151 e. The van der Waals surface area contributed by atoms with Crippen molar-refractivity contribution in [1.29, 1.82) is 0 Å². The number of rotatable bonds is 25. The molecule has 0 aliphatic rings. The first kappa shape index (κ1) is 43.8. The van der Waals surface area contributed by atoms with E-state index in [9.17, 15) is 10.2 Å². The molecule has 8 nitrogen and oxygen atoms in total. The average Bonchev–Trinajstić information content (AvgIpc) is 3.26. The Morgan fingerprint density at radius 2 is 1.05 bits per heavy atom. The van der Waals surface area contributed by atoms with E-state index in [0.717, 1.165) is 113 Å². The molecule has 0 amide bonds. The minimum atomic E-state index is 0.0613. The van der Waals surface area contributed by atoms with Crippen molar-refractivity contribution in [2.45, 2.75) is 78.3 Å². The molecule has 5 aromatic carbocycles. The number of unbranched alkanes of at least 4 members (excludes halogenated alkanes) is 6. The van der Waals surface area contributed by atoms with Crippen LogP contribution in [-0.2, 0) is 13.1 Å². The van der Waals surface area contributed by atoms with Crippen molar-refractivity contribution in [1.82, 2.24) is 9.80 Å². The van der Waals surface area contributed by atoms with E-state index in [1.807, 2.05) is 91.1 Å². The second-order valence-electron chi connectivity index (χ2n) is 14.8. The quantitative estimate of drug-likeness (QED) is 0.0235. The van der Waals surface area contributed by atoms with Crippen LogP contribution < -0.4 is 14.8 Å². The van der Waals surface area contributed by atoms with Crippen molar-refractivity contribution in [2.24, 2.45) is 4.99 Å². The number of phenols is 2. The molecule has 0 saturated carbocycles. The fourth-order valence-electron chi connectivity index (χ4n) is 7.55. The van der Waals surface area contributed by atoms with Gasteiger partial charge in [0.1, 0.15) is 22.9 Å². The molecule has 5 rings (SSSR count). The van der Waals surface area contributed by atoms with Crippen LogP contribution in [-0.4, -0.2) is 73.2 Å². The van der Waals surface area contributed by atoms with Crippen LogP contribution in [0.5, 0.6) is 23.0 Å². The molecule has 308 valence electrons. The molecule has 0 aliphatic carbocycles. The summed E-state index contributed by atoms with van der Waals surface area (Å²) in [4.78, 5) is 9.80. The van der Waals surface area contributed by atoms with Crippen molar-refractivity contribution in [3.8, 4) is 45.3 Å². The number of benzene rings is 5. The van der Waals surface area contributed by atoms with Gasteiger partial charge in [0, 0.05) is 37.0 Å². The third kappa shape index (κ3) is 12.3. The Bertz CT molecular complexity index is 1990. The van der Waals surface area contributed by atoms with Crippen molar-refractivity contribution in [3.63, 3.8) is 0 Å².